The Morgan fingerprint density at radius 2 is 1.22 bits per heavy atom. The van der Waals surface area contributed by atoms with Crippen LogP contribution in [-0.2, 0) is 33.6 Å². The van der Waals surface area contributed by atoms with Gasteiger partial charge in [-0.2, -0.15) is 0 Å². The van der Waals surface area contributed by atoms with E-state index in [1.165, 1.54) is 30.7 Å². The molecule has 77 heavy (non-hydrogen) atoms. The first kappa shape index (κ1) is 64.4. The summed E-state index contributed by atoms with van der Waals surface area (Å²) in [6.45, 7) is 6.57. The van der Waals surface area contributed by atoms with Crippen molar-refractivity contribution in [2.75, 3.05) is 32.7 Å². The normalized spacial score (nSPS) is 28.6. The molecular weight excluding hydrogens is 1000 g/mol. The Hall–Kier alpha value is -5.09. The van der Waals surface area contributed by atoms with E-state index in [4.69, 9.17) is 11.5 Å². The quantitative estimate of drug-likeness (QED) is 0.0477. The third-order valence-electron chi connectivity index (χ3n) is 14.8. The number of nitrogens with zero attached hydrogens (tertiary/aromatic N) is 2. The Kier molecular flexibility index (Phi) is 26.4. The molecule has 3 fully saturated rings. The second-order valence-corrected chi connectivity index (χ2v) is 21.3. The lowest BCUT2D eigenvalue weighted by Crippen LogP contribution is -2.64. The van der Waals surface area contributed by atoms with Gasteiger partial charge in [0.2, 0.25) is 41.4 Å². The van der Waals surface area contributed by atoms with Crippen LogP contribution in [0.5, 0.6) is 5.75 Å². The van der Waals surface area contributed by atoms with Gasteiger partial charge in [0.25, 0.3) is 0 Å². The summed E-state index contributed by atoms with van der Waals surface area (Å²) in [5.41, 5.74) is 11.5. The van der Waals surface area contributed by atoms with Crippen molar-refractivity contribution < 1.29 is 74.4 Å². The number of rotatable bonds is 23. The Balaban J connectivity index is 1.73. The minimum absolute atomic E-state index is 0.0202. The van der Waals surface area contributed by atoms with E-state index in [2.05, 4.69) is 52.7 Å². The number of fused-ring (bicyclic) bond motifs is 2. The van der Waals surface area contributed by atoms with Crippen LogP contribution in [0.2, 0.25) is 0 Å². The predicted octanol–water partition coefficient (Wildman–Crippen LogP) is -3.31. The van der Waals surface area contributed by atoms with Crippen LogP contribution in [0.4, 0.5) is 0 Å². The minimum Gasteiger partial charge on any atom is -0.508 e. The van der Waals surface area contributed by atoms with E-state index in [1.54, 1.807) is 0 Å². The average molecular weight is 1090 g/mol. The summed E-state index contributed by atoms with van der Waals surface area (Å²) >= 11 is 0. The third kappa shape index (κ3) is 19.1. The fraction of sp³-hybridized carbons (Fsp3) is 0.750. The molecule has 0 aliphatic carbocycles. The van der Waals surface area contributed by atoms with Gasteiger partial charge in [0.1, 0.15) is 60.4 Å². The molecular formula is C52H88N10O15. The Morgan fingerprint density at radius 1 is 0.675 bits per heavy atom. The number of phenolic OH excluding ortho intramolecular Hbond substituents is 1. The number of aliphatic hydroxyl groups is 7. The lowest BCUT2D eigenvalue weighted by atomic mass is 9.91. The molecule has 3 heterocycles. The van der Waals surface area contributed by atoms with Gasteiger partial charge in [-0.05, 0) is 62.3 Å². The standard InChI is InChI=1S/C52H88N10O15/c1-5-28(2)22-29(3)12-10-8-6-7-9-11-13-40(69)56-35-25-39(68)46(55-21-20-54)60-49(74)37-24-34(66)27-62(37)52(77)42(38(67)18-19-53)58-50(75)43(45(71)44(70)31-14-16-32(64)17-15-31)59-48(73)36-23-33(65)26-61(36)51(76)41(30(4)63)57-47(35)72/h14-17,28-30,33-39,41-46,55,63-68,70-71H,5-13,18-27,53-54H2,1-4H3,(H,56,69)(H,57,72)(H,58,75)(H,59,73)(H,60,74)/t28-,29+,30+,33+,34+,35-,36-,37-,38+,39+,41-,42-,43-,44-,45-,46-/m0/s1. The number of nitrogens with one attached hydrogen (secondary N) is 6. The molecule has 4 rings (SSSR count). The van der Waals surface area contributed by atoms with Crippen molar-refractivity contribution in [1.82, 2.24) is 41.7 Å². The van der Waals surface area contributed by atoms with Gasteiger partial charge in [0, 0.05) is 51.9 Å². The largest absolute Gasteiger partial charge is 0.508 e. The molecule has 25 heteroatoms. The van der Waals surface area contributed by atoms with Crippen LogP contribution in [0.25, 0.3) is 0 Å². The first-order chi connectivity index (χ1) is 36.5. The molecule has 3 aliphatic rings. The van der Waals surface area contributed by atoms with Gasteiger partial charge in [0.05, 0.1) is 30.5 Å². The van der Waals surface area contributed by atoms with Crippen LogP contribution in [0, 0.1) is 11.8 Å². The second-order valence-electron chi connectivity index (χ2n) is 21.3. The summed E-state index contributed by atoms with van der Waals surface area (Å²) in [7, 11) is 0. The molecule has 16 atom stereocenters. The van der Waals surface area contributed by atoms with E-state index >= 15 is 0 Å². The summed E-state index contributed by atoms with van der Waals surface area (Å²) < 4.78 is 0. The topological polar surface area (TPSA) is 412 Å². The number of nitrogens with two attached hydrogens (primary N) is 2. The molecule has 436 valence electrons. The highest BCUT2D eigenvalue weighted by atomic mass is 16.3. The number of hydrogen-bond acceptors (Lipinski definition) is 18. The van der Waals surface area contributed by atoms with Crippen molar-refractivity contribution in [3.63, 3.8) is 0 Å². The van der Waals surface area contributed by atoms with Gasteiger partial charge in [-0.3, -0.25) is 38.9 Å². The second kappa shape index (κ2) is 31.5. The molecule has 0 bridgehead atoms. The molecule has 0 saturated carbocycles. The first-order valence-corrected chi connectivity index (χ1v) is 27.3. The van der Waals surface area contributed by atoms with E-state index < -0.39 is 152 Å². The Morgan fingerprint density at radius 3 is 1.79 bits per heavy atom. The maximum Gasteiger partial charge on any atom is 0.248 e. The number of unbranched alkanes of at least 4 members (excludes halogenated alkanes) is 5. The van der Waals surface area contributed by atoms with Gasteiger partial charge in [-0.25, -0.2) is 0 Å². The summed E-state index contributed by atoms with van der Waals surface area (Å²) in [4.78, 5) is 102. The molecule has 0 unspecified atom stereocenters. The lowest BCUT2D eigenvalue weighted by Gasteiger charge is -2.34. The van der Waals surface area contributed by atoms with E-state index in [-0.39, 0.29) is 50.2 Å². The fourth-order valence-electron chi connectivity index (χ4n) is 10.2. The fourth-order valence-corrected chi connectivity index (χ4v) is 10.2. The van der Waals surface area contributed by atoms with Gasteiger partial charge < -0.3 is 88.7 Å². The predicted molar refractivity (Wildman–Crippen MR) is 280 cm³/mol. The summed E-state index contributed by atoms with van der Waals surface area (Å²) in [6.07, 6.45) is -6.83. The number of carbonyl (C=O) groups is 7. The molecule has 3 aliphatic heterocycles. The van der Waals surface area contributed by atoms with Crippen molar-refractivity contribution in [3.8, 4) is 5.75 Å². The highest BCUT2D eigenvalue weighted by Gasteiger charge is 2.48. The zero-order chi connectivity index (χ0) is 57.1. The lowest BCUT2D eigenvalue weighted by molar-refractivity contribution is -0.147. The molecule has 25 nitrogen and oxygen atoms in total. The molecule has 1 aromatic carbocycles. The maximum atomic E-state index is 14.6. The molecule has 0 radical (unpaired) electrons. The van der Waals surface area contributed by atoms with Crippen LogP contribution in [-0.4, -0.2) is 204 Å². The van der Waals surface area contributed by atoms with Crippen LogP contribution in [0.3, 0.4) is 0 Å². The van der Waals surface area contributed by atoms with Crippen LogP contribution in [0.1, 0.15) is 129 Å². The first-order valence-electron chi connectivity index (χ1n) is 27.3. The number of aromatic hydroxyl groups is 1. The Labute approximate surface area is 450 Å². The number of hydrogen-bond donors (Lipinski definition) is 16. The zero-order valence-corrected chi connectivity index (χ0v) is 45.0. The van der Waals surface area contributed by atoms with Crippen molar-refractivity contribution >= 4 is 41.4 Å². The Bertz CT molecular complexity index is 2070. The van der Waals surface area contributed by atoms with Gasteiger partial charge >= 0.3 is 0 Å². The maximum absolute atomic E-state index is 14.6. The van der Waals surface area contributed by atoms with Crippen molar-refractivity contribution in [2.24, 2.45) is 23.3 Å². The molecule has 0 aromatic heterocycles. The molecule has 0 spiro atoms. The molecule has 7 amide bonds. The summed E-state index contributed by atoms with van der Waals surface area (Å²) in [5, 5.41) is 104. The summed E-state index contributed by atoms with van der Waals surface area (Å²) in [5.74, 6) is -6.33. The molecule has 1 aromatic rings. The van der Waals surface area contributed by atoms with Crippen molar-refractivity contribution in [1.29, 1.82) is 0 Å². The van der Waals surface area contributed by atoms with Crippen molar-refractivity contribution in [2.45, 2.75) is 203 Å². The number of phenols is 1. The summed E-state index contributed by atoms with van der Waals surface area (Å²) in [6, 6.07) is -6.18. The van der Waals surface area contributed by atoms with Crippen molar-refractivity contribution in [3.05, 3.63) is 29.8 Å². The zero-order valence-electron chi connectivity index (χ0n) is 45.0. The number of carbonyl (C=O) groups excluding carboxylic acids is 7. The monoisotopic (exact) mass is 1090 g/mol. The van der Waals surface area contributed by atoms with Gasteiger partial charge in [-0.1, -0.05) is 77.8 Å². The van der Waals surface area contributed by atoms with E-state index in [9.17, 15) is 74.4 Å². The number of amides is 7. The third-order valence-corrected chi connectivity index (χ3v) is 14.8. The smallest absolute Gasteiger partial charge is 0.248 e. The van der Waals surface area contributed by atoms with Crippen LogP contribution >= 0.6 is 0 Å². The van der Waals surface area contributed by atoms with E-state index in [0.717, 1.165) is 55.2 Å². The number of aliphatic hydroxyl groups excluding tert-OH is 7. The number of benzene rings is 1. The van der Waals surface area contributed by atoms with Gasteiger partial charge in [-0.15, -0.1) is 0 Å². The average Bonchev–Trinajstić information content (AvgIpc) is 3.99. The SMILES string of the molecule is CC[C@H](C)C[C@H](C)CCCCCCCCC(=O)N[C@H]1C[C@@H](O)[C@@H](NCCN)NC(=O)[C@@H]2C[C@@H](O)CN2C(=O)[C@H]([C@H](O)CCN)NC(=O)[C@H]([C@H](O)[C@@H](O)c2ccc(O)cc2)NC(=O)[C@@H]2C[C@@H](O)CN2C(=O)[C@H]([C@@H](C)O)NC1=O. The highest BCUT2D eigenvalue weighted by Crippen LogP contribution is 2.27. The van der Waals surface area contributed by atoms with E-state index in [1.807, 2.05) is 0 Å². The minimum atomic E-state index is -2.28. The van der Waals surface area contributed by atoms with Crippen LogP contribution < -0.4 is 43.4 Å². The van der Waals surface area contributed by atoms with Gasteiger partial charge in [0.15, 0.2) is 0 Å². The van der Waals surface area contributed by atoms with E-state index in [0.29, 0.717) is 24.7 Å². The van der Waals surface area contributed by atoms with Crippen LogP contribution in [0.15, 0.2) is 24.3 Å². The molecule has 3 saturated heterocycles. The highest BCUT2D eigenvalue weighted by molar-refractivity contribution is 5.98. The molecule has 18 N–H and O–H groups in total.